The Hall–Kier alpha value is -4.32. The Morgan fingerprint density at radius 2 is 1.88 bits per heavy atom. The van der Waals surface area contributed by atoms with Crippen molar-refractivity contribution in [3.05, 3.63) is 69.8 Å². The van der Waals surface area contributed by atoms with Crippen LogP contribution in [0.25, 0.3) is 0 Å². The van der Waals surface area contributed by atoms with Crippen molar-refractivity contribution in [3.8, 4) is 5.75 Å². The van der Waals surface area contributed by atoms with E-state index >= 15 is 0 Å². The predicted octanol–water partition coefficient (Wildman–Crippen LogP) is 2.38. The lowest BCUT2D eigenvalue weighted by atomic mass is 10.2. The fraction of sp³-hybridized carbons (Fsp3) is 0.238. The number of phenols is 1. The lowest BCUT2D eigenvalue weighted by molar-refractivity contribution is -0.385. The second kappa shape index (κ2) is 10.3. The van der Waals surface area contributed by atoms with Gasteiger partial charge in [-0.25, -0.2) is 5.43 Å². The van der Waals surface area contributed by atoms with Crippen LogP contribution in [0.3, 0.4) is 0 Å². The molecular weight excluding hydrogens is 428 g/mol. The lowest BCUT2D eigenvalue weighted by Gasteiger charge is -2.27. The quantitative estimate of drug-likeness (QED) is 0.265. The zero-order chi connectivity index (χ0) is 23.0. The maximum atomic E-state index is 11.2. The van der Waals surface area contributed by atoms with Crippen molar-refractivity contribution in [3.63, 3.8) is 0 Å². The first-order valence-corrected chi connectivity index (χ1v) is 10.2. The summed E-state index contributed by atoms with van der Waals surface area (Å²) in [4.78, 5) is 25.9. The minimum absolute atomic E-state index is 0.180. The summed E-state index contributed by atoms with van der Waals surface area (Å²) in [5, 5.41) is 27.9. The monoisotopic (exact) mass is 450 g/mol. The van der Waals surface area contributed by atoms with Crippen molar-refractivity contribution in [1.82, 2.24) is 15.0 Å². The van der Waals surface area contributed by atoms with E-state index in [0.717, 1.165) is 11.6 Å². The number of nitrogens with one attached hydrogen (secondary N) is 2. The second-order valence-electron chi connectivity index (χ2n) is 7.09. The van der Waals surface area contributed by atoms with Crippen LogP contribution in [-0.4, -0.2) is 57.5 Å². The van der Waals surface area contributed by atoms with Gasteiger partial charge in [-0.05, 0) is 17.7 Å². The smallest absolute Gasteiger partial charge is 0.281 e. The molecule has 2 aromatic carbocycles. The number of hydrogen-bond acceptors (Lipinski definition) is 11. The van der Waals surface area contributed by atoms with Gasteiger partial charge in [0.1, 0.15) is 5.75 Å². The molecule has 12 nitrogen and oxygen atoms in total. The maximum Gasteiger partial charge on any atom is 0.281 e. The average molecular weight is 450 g/mol. The van der Waals surface area contributed by atoms with Crippen molar-refractivity contribution < 1.29 is 14.8 Å². The van der Waals surface area contributed by atoms with Crippen LogP contribution in [0.15, 0.2) is 53.6 Å². The van der Waals surface area contributed by atoms with Crippen LogP contribution in [0.2, 0.25) is 0 Å². The van der Waals surface area contributed by atoms with Crippen molar-refractivity contribution in [1.29, 1.82) is 0 Å². The first-order valence-electron chi connectivity index (χ1n) is 10.2. The van der Waals surface area contributed by atoms with E-state index in [-0.39, 0.29) is 22.9 Å². The molecule has 1 aliphatic heterocycles. The topological polar surface area (TPSA) is 151 Å². The Bertz CT molecular complexity index is 1140. The highest BCUT2D eigenvalue weighted by Gasteiger charge is 2.17. The van der Waals surface area contributed by atoms with Gasteiger partial charge in [-0.3, -0.25) is 10.1 Å². The molecule has 12 heteroatoms. The van der Waals surface area contributed by atoms with E-state index < -0.39 is 4.92 Å². The van der Waals surface area contributed by atoms with Gasteiger partial charge >= 0.3 is 0 Å². The molecule has 1 saturated heterocycles. The number of aromatic nitrogens is 3. The molecule has 0 unspecified atom stereocenters. The van der Waals surface area contributed by atoms with Gasteiger partial charge in [0, 0.05) is 19.6 Å². The van der Waals surface area contributed by atoms with Crippen LogP contribution in [0.1, 0.15) is 11.1 Å². The van der Waals surface area contributed by atoms with Crippen LogP contribution < -0.4 is 15.6 Å². The molecule has 2 heterocycles. The number of aromatic hydroxyl groups is 1. The zero-order valence-corrected chi connectivity index (χ0v) is 17.6. The third kappa shape index (κ3) is 5.89. The van der Waals surface area contributed by atoms with Gasteiger partial charge in [0.05, 0.1) is 36.0 Å². The molecule has 0 atom stereocenters. The van der Waals surface area contributed by atoms with Crippen LogP contribution in [0.4, 0.5) is 23.5 Å². The van der Waals surface area contributed by atoms with Gasteiger partial charge < -0.3 is 20.1 Å². The Morgan fingerprint density at radius 1 is 1.12 bits per heavy atom. The highest BCUT2D eigenvalue weighted by molar-refractivity contribution is 5.86. The third-order valence-electron chi connectivity index (χ3n) is 4.79. The molecule has 0 saturated carbocycles. The molecule has 170 valence electrons. The Balaban J connectivity index is 1.54. The Kier molecular flexibility index (Phi) is 6.85. The van der Waals surface area contributed by atoms with E-state index in [4.69, 9.17) is 4.74 Å². The highest BCUT2D eigenvalue weighted by Crippen LogP contribution is 2.22. The summed E-state index contributed by atoms with van der Waals surface area (Å²) in [7, 11) is 0. The summed E-state index contributed by atoms with van der Waals surface area (Å²) in [6.45, 7) is 2.96. The standard InChI is InChI=1S/C21H22N8O4/c30-17-7-6-16(18(12-17)29(31)32)14-23-27-20-24-19(22-13-15-4-2-1-3-5-15)25-21(26-20)28-8-10-33-11-9-28/h1-7,12,14,30H,8-11,13H2,(H2,22,24,25,26,27)/b23-14+. The number of nitro groups is 1. The van der Waals surface area contributed by atoms with E-state index in [1.54, 1.807) is 0 Å². The van der Waals surface area contributed by atoms with Gasteiger partial charge in [-0.2, -0.15) is 20.1 Å². The number of hydrogen-bond donors (Lipinski definition) is 3. The first-order chi connectivity index (χ1) is 16.1. The number of nitro benzene ring substituents is 1. The normalized spacial score (nSPS) is 13.8. The molecule has 0 radical (unpaired) electrons. The zero-order valence-electron chi connectivity index (χ0n) is 17.6. The number of anilines is 3. The fourth-order valence-electron chi connectivity index (χ4n) is 3.13. The number of morpholine rings is 1. The SMILES string of the molecule is O=[N+]([O-])c1cc(O)ccc1/C=N/Nc1nc(NCc2ccccc2)nc(N2CCOCC2)n1. The molecule has 0 aliphatic carbocycles. The summed E-state index contributed by atoms with van der Waals surface area (Å²) in [5.41, 5.74) is 3.73. The van der Waals surface area contributed by atoms with E-state index in [2.05, 4.69) is 30.8 Å². The third-order valence-corrected chi connectivity index (χ3v) is 4.79. The van der Waals surface area contributed by atoms with Gasteiger partial charge in [0.25, 0.3) is 5.69 Å². The molecule has 0 bridgehead atoms. The highest BCUT2D eigenvalue weighted by atomic mass is 16.6. The summed E-state index contributed by atoms with van der Waals surface area (Å²) >= 11 is 0. The Labute approximate surface area is 189 Å². The van der Waals surface area contributed by atoms with E-state index in [1.165, 1.54) is 18.3 Å². The average Bonchev–Trinajstić information content (AvgIpc) is 2.84. The number of phenolic OH excluding ortho intramolecular Hbond substituents is 1. The van der Waals surface area contributed by atoms with Crippen LogP contribution in [0.5, 0.6) is 5.75 Å². The maximum absolute atomic E-state index is 11.2. The molecule has 0 amide bonds. The van der Waals surface area contributed by atoms with Gasteiger partial charge in [0.15, 0.2) is 0 Å². The lowest BCUT2D eigenvalue weighted by Crippen LogP contribution is -2.37. The molecule has 0 spiro atoms. The molecule has 3 aromatic rings. The van der Waals surface area contributed by atoms with Crippen molar-refractivity contribution in [2.45, 2.75) is 6.54 Å². The van der Waals surface area contributed by atoms with Gasteiger partial charge in [-0.15, -0.1) is 0 Å². The molecule has 1 aromatic heterocycles. The van der Waals surface area contributed by atoms with E-state index in [1.807, 2.05) is 35.2 Å². The number of hydrazone groups is 1. The van der Waals surface area contributed by atoms with Crippen molar-refractivity contribution in [2.75, 3.05) is 41.9 Å². The first kappa shape index (κ1) is 21.9. The van der Waals surface area contributed by atoms with Crippen LogP contribution >= 0.6 is 0 Å². The number of benzene rings is 2. The van der Waals surface area contributed by atoms with E-state index in [9.17, 15) is 15.2 Å². The predicted molar refractivity (Wildman–Crippen MR) is 123 cm³/mol. The van der Waals surface area contributed by atoms with Crippen molar-refractivity contribution in [2.24, 2.45) is 5.10 Å². The second-order valence-corrected chi connectivity index (χ2v) is 7.09. The molecule has 1 aliphatic rings. The van der Waals surface area contributed by atoms with Gasteiger partial charge in [0.2, 0.25) is 17.8 Å². The molecular formula is C21H22N8O4. The van der Waals surface area contributed by atoms with E-state index in [0.29, 0.717) is 44.7 Å². The minimum Gasteiger partial charge on any atom is -0.508 e. The fourth-order valence-corrected chi connectivity index (χ4v) is 3.13. The minimum atomic E-state index is -0.591. The number of rotatable bonds is 8. The molecule has 4 rings (SSSR count). The number of nitrogens with zero attached hydrogens (tertiary/aromatic N) is 6. The summed E-state index contributed by atoms with van der Waals surface area (Å²) in [5.74, 6) is 0.814. The molecule has 3 N–H and O–H groups in total. The van der Waals surface area contributed by atoms with Crippen LogP contribution in [0, 0.1) is 10.1 Å². The Morgan fingerprint density at radius 3 is 2.64 bits per heavy atom. The molecule has 33 heavy (non-hydrogen) atoms. The number of ether oxygens (including phenoxy) is 1. The van der Waals surface area contributed by atoms with Gasteiger partial charge in [-0.1, -0.05) is 30.3 Å². The largest absolute Gasteiger partial charge is 0.508 e. The van der Waals surface area contributed by atoms with Crippen molar-refractivity contribution >= 4 is 29.7 Å². The summed E-state index contributed by atoms with van der Waals surface area (Å²) in [6, 6.07) is 13.6. The summed E-state index contributed by atoms with van der Waals surface area (Å²) in [6.07, 6.45) is 1.27. The summed E-state index contributed by atoms with van der Waals surface area (Å²) < 4.78 is 5.40. The molecule has 1 fully saturated rings. The van der Waals surface area contributed by atoms with Crippen LogP contribution in [-0.2, 0) is 11.3 Å².